The summed E-state index contributed by atoms with van der Waals surface area (Å²) in [4.78, 5) is 69.1. The van der Waals surface area contributed by atoms with Crippen molar-refractivity contribution in [1.82, 2.24) is 28.8 Å². The maximum absolute atomic E-state index is 14.7. The molecule has 0 spiro atoms. The van der Waals surface area contributed by atoms with Crippen molar-refractivity contribution in [3.8, 4) is 5.75 Å². The normalized spacial score (nSPS) is 17.8. The summed E-state index contributed by atoms with van der Waals surface area (Å²) in [6, 6.07) is 23.7. The van der Waals surface area contributed by atoms with Gasteiger partial charge in [0, 0.05) is 49.4 Å². The van der Waals surface area contributed by atoms with Crippen LogP contribution < -0.4 is 4.52 Å². The Kier molecular flexibility index (Phi) is 11.2. The third-order valence-electron chi connectivity index (χ3n) is 10.0. The molecule has 2 fully saturated rings. The van der Waals surface area contributed by atoms with Gasteiger partial charge in [0.15, 0.2) is 0 Å². The van der Waals surface area contributed by atoms with E-state index in [-0.39, 0.29) is 61.5 Å². The van der Waals surface area contributed by atoms with E-state index in [1.807, 2.05) is 19.1 Å². The summed E-state index contributed by atoms with van der Waals surface area (Å²) in [7, 11) is -8.87. The zero-order chi connectivity index (χ0) is 40.5. The fraction of sp³-hybridized carbons (Fsp3) is 0.250. The van der Waals surface area contributed by atoms with E-state index in [0.29, 0.717) is 34.1 Å². The van der Waals surface area contributed by atoms with Crippen molar-refractivity contribution in [2.24, 2.45) is 0 Å². The SMILES string of the molecule is C=CCN1CC(=O)N2[C@@H](Cc3ccc(OP(=O)(O)O)cc3)C(=O)N(Cc3cccc4ccn(S(=O)(=O)c5ccc(C)cc5)c34)C[C@@H]2N1C(=O)CCc1ccccn1. The van der Waals surface area contributed by atoms with Gasteiger partial charge in [0.1, 0.15) is 18.0 Å². The lowest BCUT2D eigenvalue weighted by atomic mass is 9.98. The van der Waals surface area contributed by atoms with Gasteiger partial charge in [0.25, 0.3) is 10.0 Å². The first-order chi connectivity index (χ1) is 27.2. The van der Waals surface area contributed by atoms with Crippen molar-refractivity contribution in [2.75, 3.05) is 19.6 Å². The minimum absolute atomic E-state index is 0.00638. The molecule has 0 saturated carbocycles. The van der Waals surface area contributed by atoms with Gasteiger partial charge < -0.3 is 14.3 Å². The second-order valence-corrected chi connectivity index (χ2v) is 16.9. The van der Waals surface area contributed by atoms with E-state index in [1.54, 1.807) is 88.9 Å². The van der Waals surface area contributed by atoms with E-state index in [1.165, 1.54) is 32.2 Å². The van der Waals surface area contributed by atoms with Crippen LogP contribution in [-0.2, 0) is 48.4 Å². The maximum atomic E-state index is 14.7. The number of phosphoric ester groups is 1. The number of piperazine rings is 1. The van der Waals surface area contributed by atoms with Crippen LogP contribution >= 0.6 is 7.82 Å². The van der Waals surface area contributed by atoms with Crippen LogP contribution in [0.1, 0.15) is 28.8 Å². The molecule has 15 nitrogen and oxygen atoms in total. The zero-order valence-electron chi connectivity index (χ0n) is 31.0. The summed E-state index contributed by atoms with van der Waals surface area (Å²) in [6.07, 6.45) is 4.18. The molecule has 3 aromatic carbocycles. The summed E-state index contributed by atoms with van der Waals surface area (Å²) in [5, 5.41) is 3.79. The molecule has 0 aliphatic carbocycles. The summed E-state index contributed by atoms with van der Waals surface area (Å²) >= 11 is 0. The Labute approximate surface area is 329 Å². The number of amides is 3. The molecule has 2 aliphatic heterocycles. The van der Waals surface area contributed by atoms with Gasteiger partial charge in [-0.15, -0.1) is 6.58 Å². The number of phosphoric acid groups is 1. The molecule has 0 unspecified atom stereocenters. The second kappa shape index (κ2) is 16.1. The molecule has 4 heterocycles. The highest BCUT2D eigenvalue weighted by atomic mass is 32.2. The molecule has 2 atom stereocenters. The Balaban J connectivity index is 1.28. The van der Waals surface area contributed by atoms with E-state index >= 15 is 0 Å². The molecule has 0 radical (unpaired) electrons. The molecule has 296 valence electrons. The highest BCUT2D eigenvalue weighted by Crippen LogP contribution is 2.38. The third kappa shape index (κ3) is 8.41. The number of pyridine rings is 1. The van der Waals surface area contributed by atoms with Crippen LogP contribution in [0.4, 0.5) is 0 Å². The molecular formula is C40H41N6O9PS. The zero-order valence-corrected chi connectivity index (χ0v) is 32.7. The van der Waals surface area contributed by atoms with Gasteiger partial charge in [0.2, 0.25) is 17.7 Å². The van der Waals surface area contributed by atoms with Crippen molar-refractivity contribution in [1.29, 1.82) is 0 Å². The minimum atomic E-state index is -4.82. The number of hydrazine groups is 1. The molecule has 2 saturated heterocycles. The summed E-state index contributed by atoms with van der Waals surface area (Å²) in [6.45, 7) is 5.56. The monoisotopic (exact) mass is 812 g/mol. The van der Waals surface area contributed by atoms with Crippen LogP contribution in [0.15, 0.2) is 121 Å². The van der Waals surface area contributed by atoms with Crippen LogP contribution in [-0.4, -0.2) is 96.5 Å². The fourth-order valence-corrected chi connectivity index (χ4v) is 9.23. The fourth-order valence-electron chi connectivity index (χ4n) is 7.44. The highest BCUT2D eigenvalue weighted by Gasteiger charge is 2.51. The Morgan fingerprint density at radius 3 is 2.44 bits per heavy atom. The number of benzene rings is 3. The molecule has 2 aliphatic rings. The van der Waals surface area contributed by atoms with Gasteiger partial charge in [-0.1, -0.05) is 60.2 Å². The first-order valence-corrected chi connectivity index (χ1v) is 21.1. The van der Waals surface area contributed by atoms with Crippen LogP contribution in [0.3, 0.4) is 0 Å². The van der Waals surface area contributed by atoms with Crippen molar-refractivity contribution in [3.63, 3.8) is 0 Å². The van der Waals surface area contributed by atoms with Crippen molar-refractivity contribution in [2.45, 2.75) is 49.8 Å². The van der Waals surface area contributed by atoms with Crippen molar-refractivity contribution in [3.05, 3.63) is 138 Å². The van der Waals surface area contributed by atoms with Crippen molar-refractivity contribution >= 4 is 46.5 Å². The molecule has 0 bridgehead atoms. The molecule has 57 heavy (non-hydrogen) atoms. The largest absolute Gasteiger partial charge is 0.524 e. The van der Waals surface area contributed by atoms with Crippen LogP contribution in [0.25, 0.3) is 10.9 Å². The lowest BCUT2D eigenvalue weighted by Gasteiger charge is -2.55. The lowest BCUT2D eigenvalue weighted by molar-refractivity contribution is -0.205. The quantitative estimate of drug-likeness (QED) is 0.129. The highest BCUT2D eigenvalue weighted by molar-refractivity contribution is 7.90. The van der Waals surface area contributed by atoms with E-state index in [2.05, 4.69) is 11.6 Å². The average molecular weight is 813 g/mol. The van der Waals surface area contributed by atoms with Crippen LogP contribution in [0, 0.1) is 6.92 Å². The van der Waals surface area contributed by atoms with E-state index in [9.17, 15) is 37.2 Å². The van der Waals surface area contributed by atoms with Gasteiger partial charge >= 0.3 is 7.82 Å². The van der Waals surface area contributed by atoms with Gasteiger partial charge in [-0.05, 0) is 66.9 Å². The number of carbonyl (C=O) groups excluding carboxylic acids is 3. The molecule has 2 N–H and O–H groups in total. The number of para-hydroxylation sites is 1. The second-order valence-electron chi connectivity index (χ2n) is 13.9. The van der Waals surface area contributed by atoms with Gasteiger partial charge in [-0.25, -0.2) is 27.0 Å². The Bertz CT molecular complexity index is 2470. The first kappa shape index (κ1) is 39.6. The Morgan fingerprint density at radius 2 is 1.75 bits per heavy atom. The number of nitrogens with zero attached hydrogens (tertiary/aromatic N) is 6. The van der Waals surface area contributed by atoms with Gasteiger partial charge in [-0.2, -0.15) is 0 Å². The number of hydrogen-bond donors (Lipinski definition) is 2. The predicted molar refractivity (Wildman–Crippen MR) is 210 cm³/mol. The third-order valence-corrected chi connectivity index (χ3v) is 12.2. The number of carbonyl (C=O) groups is 3. The smallest absolute Gasteiger partial charge is 0.404 e. The number of hydrogen-bond acceptors (Lipinski definition) is 9. The Hall–Kier alpha value is -5.64. The molecule has 5 aromatic rings. The summed E-state index contributed by atoms with van der Waals surface area (Å²) < 4.78 is 45.4. The van der Waals surface area contributed by atoms with Crippen LogP contribution in [0.2, 0.25) is 0 Å². The van der Waals surface area contributed by atoms with Crippen molar-refractivity contribution < 1.29 is 41.7 Å². The van der Waals surface area contributed by atoms with Crippen LogP contribution in [0.5, 0.6) is 5.75 Å². The molecule has 7 rings (SSSR count). The van der Waals surface area contributed by atoms with Gasteiger partial charge in [-0.3, -0.25) is 29.2 Å². The molecule has 3 amide bonds. The average Bonchev–Trinajstić information content (AvgIpc) is 3.63. The molecule has 2 aromatic heterocycles. The maximum Gasteiger partial charge on any atom is 0.524 e. The Morgan fingerprint density at radius 1 is 1.00 bits per heavy atom. The number of aromatic nitrogens is 2. The first-order valence-electron chi connectivity index (χ1n) is 18.2. The predicted octanol–water partition coefficient (Wildman–Crippen LogP) is 4.04. The molecule has 17 heteroatoms. The number of aryl methyl sites for hydroxylation is 2. The van der Waals surface area contributed by atoms with E-state index in [0.717, 1.165) is 5.56 Å². The van der Waals surface area contributed by atoms with Gasteiger partial charge in [0.05, 0.1) is 23.5 Å². The standard InChI is InChI=1S/C40H41N6O9PS/c1-3-22-43-27-38(48)45-35(24-29-12-15-33(16-13-29)55-56(50,51)52)40(49)42(26-36(45)46(43)37(47)19-14-32-9-4-5-21-41-32)25-31-8-6-7-30-20-23-44(39(30)31)57(53,54)34-17-10-28(2)11-18-34/h3-13,15-18,20-21,23,35-36H,1,14,19,22,24-27H2,2H3,(H2,50,51,52)/t35-,36-/m0/s1. The van der Waals surface area contributed by atoms with E-state index < -0.39 is 36.0 Å². The molecular weight excluding hydrogens is 772 g/mol. The number of rotatable bonds is 13. The summed E-state index contributed by atoms with van der Waals surface area (Å²) in [5.74, 6) is -1.19. The topological polar surface area (TPSA) is 183 Å². The lowest BCUT2D eigenvalue weighted by Crippen LogP contribution is -2.75. The van der Waals surface area contributed by atoms with E-state index in [4.69, 9.17) is 4.52 Å². The number of fused-ring (bicyclic) bond motifs is 2. The summed E-state index contributed by atoms with van der Waals surface area (Å²) in [5.41, 5.74) is 3.10. The minimum Gasteiger partial charge on any atom is -0.404 e.